The first-order valence-electron chi connectivity index (χ1n) is 7.85. The molecular formula is C20H18N2O4S. The minimum absolute atomic E-state index is 0.146. The first-order chi connectivity index (χ1) is 13.1. The van der Waals surface area contributed by atoms with E-state index in [0.29, 0.717) is 22.9 Å². The third-order valence-corrected chi connectivity index (χ3v) is 3.64. The highest BCUT2D eigenvalue weighted by molar-refractivity contribution is 7.78. The largest absolute Gasteiger partial charge is 0.493 e. The van der Waals surface area contributed by atoms with Crippen LogP contribution in [0.15, 0.2) is 42.7 Å². The van der Waals surface area contributed by atoms with E-state index >= 15 is 0 Å². The van der Waals surface area contributed by atoms with Crippen LogP contribution in [0.4, 0.5) is 5.69 Å². The molecule has 1 amide bonds. The summed E-state index contributed by atoms with van der Waals surface area (Å²) in [7, 11) is 3.17. The van der Waals surface area contributed by atoms with Gasteiger partial charge in [0.1, 0.15) is 6.61 Å². The zero-order chi connectivity index (χ0) is 19.6. The number of terminal acetylenes is 1. The Hall–Kier alpha value is -3.37. The van der Waals surface area contributed by atoms with Gasteiger partial charge in [0.15, 0.2) is 22.8 Å². The molecule has 0 saturated heterocycles. The standard InChI is InChI=1S/C20H18N2O4S/c1-4-11-25-17-7-5-15(12-18(17)24-3)6-8-20(23)22(2)16-9-10-21-13-19(16)26-14-27/h1,5-10,12-14H,11H2,2-3H3/b8-6+. The second-order valence-electron chi connectivity index (χ2n) is 5.19. The van der Waals surface area contributed by atoms with Crippen LogP contribution in [0.1, 0.15) is 5.56 Å². The van der Waals surface area contributed by atoms with Crippen LogP contribution < -0.4 is 19.1 Å². The van der Waals surface area contributed by atoms with Crippen molar-refractivity contribution in [3.05, 3.63) is 48.3 Å². The maximum absolute atomic E-state index is 12.5. The number of rotatable bonds is 8. The smallest absolute Gasteiger partial charge is 0.250 e. The number of amides is 1. The minimum atomic E-state index is -0.248. The van der Waals surface area contributed by atoms with E-state index in [1.165, 1.54) is 24.3 Å². The lowest BCUT2D eigenvalue weighted by Gasteiger charge is -2.17. The van der Waals surface area contributed by atoms with Gasteiger partial charge in [-0.25, -0.2) is 0 Å². The zero-order valence-electron chi connectivity index (χ0n) is 14.9. The van der Waals surface area contributed by atoms with Crippen LogP contribution in [0, 0.1) is 12.3 Å². The van der Waals surface area contributed by atoms with Crippen LogP contribution in [0.5, 0.6) is 17.2 Å². The molecule has 0 aliphatic heterocycles. The molecule has 1 heterocycles. The number of aromatic nitrogens is 1. The maximum Gasteiger partial charge on any atom is 0.250 e. The van der Waals surface area contributed by atoms with E-state index in [-0.39, 0.29) is 12.5 Å². The number of thiocarbonyl (C=S) groups is 1. The zero-order valence-corrected chi connectivity index (χ0v) is 15.7. The normalized spacial score (nSPS) is 10.1. The van der Waals surface area contributed by atoms with Gasteiger partial charge >= 0.3 is 0 Å². The average Bonchev–Trinajstić information content (AvgIpc) is 2.70. The summed E-state index contributed by atoms with van der Waals surface area (Å²) in [4.78, 5) is 17.9. The fourth-order valence-electron chi connectivity index (χ4n) is 2.22. The summed E-state index contributed by atoms with van der Waals surface area (Å²) in [6, 6.07) is 6.95. The highest BCUT2D eigenvalue weighted by Crippen LogP contribution is 2.29. The van der Waals surface area contributed by atoms with Crippen LogP contribution in [0.2, 0.25) is 0 Å². The average molecular weight is 382 g/mol. The van der Waals surface area contributed by atoms with E-state index in [9.17, 15) is 4.79 Å². The van der Waals surface area contributed by atoms with Gasteiger partial charge in [-0.3, -0.25) is 9.78 Å². The number of carbonyl (C=O) groups is 1. The van der Waals surface area contributed by atoms with Crippen molar-refractivity contribution in [2.75, 3.05) is 25.7 Å². The predicted molar refractivity (Wildman–Crippen MR) is 108 cm³/mol. The van der Waals surface area contributed by atoms with Gasteiger partial charge in [-0.1, -0.05) is 12.0 Å². The predicted octanol–water partition coefficient (Wildman–Crippen LogP) is 3.11. The minimum Gasteiger partial charge on any atom is -0.493 e. The second-order valence-corrected chi connectivity index (χ2v) is 5.38. The molecule has 2 aromatic rings. The number of pyridine rings is 1. The summed E-state index contributed by atoms with van der Waals surface area (Å²) in [5, 5.41) is 0. The Labute approximate surface area is 163 Å². The number of anilines is 1. The quantitative estimate of drug-likeness (QED) is 0.397. The summed E-state index contributed by atoms with van der Waals surface area (Å²) in [6.07, 6.45) is 11.4. The van der Waals surface area contributed by atoms with Crippen LogP contribution in [0.3, 0.4) is 0 Å². The van der Waals surface area contributed by atoms with Crippen molar-refractivity contribution in [2.24, 2.45) is 0 Å². The topological polar surface area (TPSA) is 60.9 Å². The van der Waals surface area contributed by atoms with Gasteiger partial charge in [0.05, 0.1) is 19.0 Å². The fraction of sp³-hybridized carbons (Fsp3) is 0.150. The Kier molecular flexibility index (Phi) is 7.35. The maximum atomic E-state index is 12.5. The van der Waals surface area contributed by atoms with Gasteiger partial charge in [-0.05, 0) is 42.1 Å². The Morgan fingerprint density at radius 2 is 2.15 bits per heavy atom. The van der Waals surface area contributed by atoms with E-state index in [4.69, 9.17) is 32.9 Å². The van der Waals surface area contributed by atoms with Crippen LogP contribution in [-0.2, 0) is 4.79 Å². The Balaban J connectivity index is 2.16. The number of methoxy groups -OCH3 is 1. The lowest BCUT2D eigenvalue weighted by molar-refractivity contribution is -0.113. The molecule has 0 radical (unpaired) electrons. The molecule has 0 atom stereocenters. The molecule has 0 fully saturated rings. The summed E-state index contributed by atoms with van der Waals surface area (Å²) >= 11 is 4.70. The molecule has 2 rings (SSSR count). The molecule has 0 unspecified atom stereocenters. The van der Waals surface area contributed by atoms with Crippen LogP contribution in [0.25, 0.3) is 6.08 Å². The van der Waals surface area contributed by atoms with Crippen molar-refractivity contribution in [3.63, 3.8) is 0 Å². The lowest BCUT2D eigenvalue weighted by atomic mass is 10.2. The molecule has 0 spiro atoms. The molecule has 0 bridgehead atoms. The number of hydrogen-bond donors (Lipinski definition) is 0. The van der Waals surface area contributed by atoms with Gasteiger partial charge in [0.25, 0.3) is 5.91 Å². The van der Waals surface area contributed by atoms with Gasteiger partial charge in [0.2, 0.25) is 0 Å². The summed E-state index contributed by atoms with van der Waals surface area (Å²) in [6.45, 7) is 0.146. The van der Waals surface area contributed by atoms with Crippen molar-refractivity contribution in [2.45, 2.75) is 0 Å². The number of ether oxygens (including phenoxy) is 3. The summed E-state index contributed by atoms with van der Waals surface area (Å²) in [5.41, 5.74) is 2.44. The van der Waals surface area contributed by atoms with E-state index in [0.717, 1.165) is 11.1 Å². The van der Waals surface area contributed by atoms with Crippen molar-refractivity contribution >= 4 is 35.4 Å². The first-order valence-corrected chi connectivity index (χ1v) is 8.32. The second kappa shape index (κ2) is 9.94. The molecule has 1 aromatic heterocycles. The van der Waals surface area contributed by atoms with Gasteiger partial charge < -0.3 is 19.1 Å². The number of likely N-dealkylation sites (N-methyl/N-ethyl adjacent to an activating group) is 1. The Bertz CT molecular complexity index is 890. The molecule has 0 aliphatic rings. The molecule has 0 N–H and O–H groups in total. The Morgan fingerprint density at radius 1 is 1.33 bits per heavy atom. The lowest BCUT2D eigenvalue weighted by Crippen LogP contribution is -2.24. The molecule has 6 nitrogen and oxygen atoms in total. The molecular weight excluding hydrogens is 364 g/mol. The van der Waals surface area contributed by atoms with Crippen molar-refractivity contribution < 1.29 is 19.0 Å². The van der Waals surface area contributed by atoms with Crippen molar-refractivity contribution in [3.8, 4) is 29.6 Å². The number of carbonyl (C=O) groups excluding carboxylic acids is 1. The number of benzene rings is 1. The Morgan fingerprint density at radius 3 is 2.85 bits per heavy atom. The fourth-order valence-corrected chi connectivity index (χ4v) is 2.32. The van der Waals surface area contributed by atoms with Gasteiger partial charge in [-0.2, -0.15) is 0 Å². The molecule has 27 heavy (non-hydrogen) atoms. The SMILES string of the molecule is C#CCOc1ccc(/C=C/C(=O)N(C)c2ccncc2OC=S)cc1OC. The van der Waals surface area contributed by atoms with Crippen LogP contribution in [-0.4, -0.2) is 37.2 Å². The third-order valence-electron chi connectivity index (χ3n) is 3.55. The summed E-state index contributed by atoms with van der Waals surface area (Å²) < 4.78 is 15.9. The van der Waals surface area contributed by atoms with E-state index < -0.39 is 0 Å². The third kappa shape index (κ3) is 5.30. The summed E-state index contributed by atoms with van der Waals surface area (Å²) in [5.74, 6) is 3.61. The van der Waals surface area contributed by atoms with Gasteiger partial charge in [-0.15, -0.1) is 6.42 Å². The highest BCUT2D eigenvalue weighted by atomic mass is 32.1. The van der Waals surface area contributed by atoms with Crippen LogP contribution >= 0.6 is 12.2 Å². The van der Waals surface area contributed by atoms with Crippen molar-refractivity contribution in [1.29, 1.82) is 0 Å². The molecule has 138 valence electrons. The molecule has 0 aliphatic carbocycles. The monoisotopic (exact) mass is 382 g/mol. The number of hydrogen-bond acceptors (Lipinski definition) is 6. The van der Waals surface area contributed by atoms with E-state index in [1.54, 1.807) is 43.6 Å². The highest BCUT2D eigenvalue weighted by Gasteiger charge is 2.13. The van der Waals surface area contributed by atoms with E-state index in [2.05, 4.69) is 10.9 Å². The number of nitrogens with zero attached hydrogens (tertiary/aromatic N) is 2. The first kappa shape index (κ1) is 19.9. The molecule has 7 heteroatoms. The molecule has 1 aromatic carbocycles. The van der Waals surface area contributed by atoms with E-state index in [1.807, 2.05) is 0 Å². The molecule has 0 saturated carbocycles. The van der Waals surface area contributed by atoms with Gasteiger partial charge in [0, 0.05) is 19.3 Å². The van der Waals surface area contributed by atoms with Crippen molar-refractivity contribution in [1.82, 2.24) is 4.98 Å².